The summed E-state index contributed by atoms with van der Waals surface area (Å²) < 4.78 is 0. The minimum absolute atomic E-state index is 0.0871. The van der Waals surface area contributed by atoms with E-state index in [1.807, 2.05) is 12.1 Å². The Labute approximate surface area is 132 Å². The van der Waals surface area contributed by atoms with Gasteiger partial charge < -0.3 is 11.1 Å². The summed E-state index contributed by atoms with van der Waals surface area (Å²) in [5.41, 5.74) is 6.92. The van der Waals surface area contributed by atoms with Gasteiger partial charge in [0.25, 0.3) is 0 Å². The van der Waals surface area contributed by atoms with Crippen LogP contribution >= 0.6 is 0 Å². The first-order chi connectivity index (χ1) is 10.6. The van der Waals surface area contributed by atoms with E-state index in [9.17, 15) is 4.79 Å². The molecule has 0 aromatic heterocycles. The van der Waals surface area contributed by atoms with Gasteiger partial charge in [0.15, 0.2) is 0 Å². The van der Waals surface area contributed by atoms with Crippen molar-refractivity contribution in [3.05, 3.63) is 48.0 Å². The van der Waals surface area contributed by atoms with Crippen LogP contribution in [0.25, 0.3) is 10.8 Å². The maximum atomic E-state index is 12.1. The lowest BCUT2D eigenvalue weighted by atomic mass is 10.0. The van der Waals surface area contributed by atoms with Crippen LogP contribution in [0, 0.1) is 5.92 Å². The van der Waals surface area contributed by atoms with Crippen molar-refractivity contribution in [1.82, 2.24) is 5.32 Å². The Morgan fingerprint density at radius 2 is 1.86 bits per heavy atom. The standard InChI is InChI=1S/C19H26N2O/c1-14(2)11-18(13-20)21-19(22)10-8-15-7-9-16-5-3-4-6-17(16)12-15/h3-7,9,12,14,18H,8,10-11,13,20H2,1-2H3,(H,21,22). The van der Waals surface area contributed by atoms with Crippen LogP contribution in [0.4, 0.5) is 0 Å². The number of hydrogen-bond acceptors (Lipinski definition) is 2. The highest BCUT2D eigenvalue weighted by atomic mass is 16.1. The van der Waals surface area contributed by atoms with E-state index in [1.165, 1.54) is 16.3 Å². The number of amides is 1. The fraction of sp³-hybridized carbons (Fsp3) is 0.421. The average molecular weight is 298 g/mol. The zero-order valence-corrected chi connectivity index (χ0v) is 13.5. The van der Waals surface area contributed by atoms with Gasteiger partial charge in [-0.3, -0.25) is 4.79 Å². The Hall–Kier alpha value is -1.87. The van der Waals surface area contributed by atoms with E-state index in [1.54, 1.807) is 0 Å². The zero-order chi connectivity index (χ0) is 15.9. The van der Waals surface area contributed by atoms with Crippen molar-refractivity contribution in [3.63, 3.8) is 0 Å². The highest BCUT2D eigenvalue weighted by Gasteiger charge is 2.12. The van der Waals surface area contributed by atoms with Crippen LogP contribution in [-0.4, -0.2) is 18.5 Å². The van der Waals surface area contributed by atoms with Crippen molar-refractivity contribution in [2.75, 3.05) is 6.54 Å². The first kappa shape index (κ1) is 16.5. The first-order valence-electron chi connectivity index (χ1n) is 8.05. The maximum absolute atomic E-state index is 12.1. The first-order valence-corrected chi connectivity index (χ1v) is 8.05. The molecule has 0 heterocycles. The predicted molar refractivity (Wildman–Crippen MR) is 92.7 cm³/mol. The molecule has 0 spiro atoms. The molecule has 0 saturated carbocycles. The van der Waals surface area contributed by atoms with Gasteiger partial charge in [-0.15, -0.1) is 0 Å². The molecule has 0 saturated heterocycles. The lowest BCUT2D eigenvalue weighted by molar-refractivity contribution is -0.121. The van der Waals surface area contributed by atoms with Gasteiger partial charge in [0.1, 0.15) is 0 Å². The van der Waals surface area contributed by atoms with Gasteiger partial charge in [0.2, 0.25) is 5.91 Å². The van der Waals surface area contributed by atoms with Crippen molar-refractivity contribution < 1.29 is 4.79 Å². The third kappa shape index (κ3) is 4.85. The molecule has 22 heavy (non-hydrogen) atoms. The Morgan fingerprint density at radius 1 is 1.14 bits per heavy atom. The van der Waals surface area contributed by atoms with Crippen LogP contribution in [0.2, 0.25) is 0 Å². The van der Waals surface area contributed by atoms with Gasteiger partial charge in [-0.05, 0) is 35.1 Å². The SMILES string of the molecule is CC(C)CC(CN)NC(=O)CCc1ccc2ccccc2c1. The van der Waals surface area contributed by atoms with Crippen LogP contribution in [0.3, 0.4) is 0 Å². The molecule has 3 N–H and O–H groups in total. The number of carbonyl (C=O) groups is 1. The van der Waals surface area contributed by atoms with Crippen LogP contribution in [0.15, 0.2) is 42.5 Å². The Bertz CT molecular complexity index is 622. The van der Waals surface area contributed by atoms with E-state index < -0.39 is 0 Å². The van der Waals surface area contributed by atoms with Crippen LogP contribution in [0.5, 0.6) is 0 Å². The smallest absolute Gasteiger partial charge is 0.220 e. The van der Waals surface area contributed by atoms with E-state index in [-0.39, 0.29) is 11.9 Å². The van der Waals surface area contributed by atoms with Crippen molar-refractivity contribution in [3.8, 4) is 0 Å². The molecule has 0 aliphatic heterocycles. The number of benzene rings is 2. The summed E-state index contributed by atoms with van der Waals surface area (Å²) in [4.78, 5) is 12.1. The molecular formula is C19H26N2O. The summed E-state index contributed by atoms with van der Waals surface area (Å²) in [7, 11) is 0. The van der Waals surface area contributed by atoms with E-state index in [2.05, 4.69) is 49.5 Å². The van der Waals surface area contributed by atoms with Gasteiger partial charge >= 0.3 is 0 Å². The van der Waals surface area contributed by atoms with Gasteiger partial charge in [0, 0.05) is 19.0 Å². The Morgan fingerprint density at radius 3 is 2.55 bits per heavy atom. The third-order valence-corrected chi connectivity index (χ3v) is 3.86. The molecule has 3 heteroatoms. The highest BCUT2D eigenvalue weighted by molar-refractivity contribution is 5.83. The summed E-state index contributed by atoms with van der Waals surface area (Å²) in [5.74, 6) is 0.624. The molecule has 0 aliphatic rings. The third-order valence-electron chi connectivity index (χ3n) is 3.86. The lowest BCUT2D eigenvalue weighted by Crippen LogP contribution is -2.41. The van der Waals surface area contributed by atoms with Crippen molar-refractivity contribution in [1.29, 1.82) is 0 Å². The minimum atomic E-state index is 0.0871. The van der Waals surface area contributed by atoms with Crippen LogP contribution in [-0.2, 0) is 11.2 Å². The molecule has 1 unspecified atom stereocenters. The molecule has 3 nitrogen and oxygen atoms in total. The van der Waals surface area contributed by atoms with E-state index >= 15 is 0 Å². The monoisotopic (exact) mass is 298 g/mol. The quantitative estimate of drug-likeness (QED) is 0.824. The van der Waals surface area contributed by atoms with Crippen molar-refractivity contribution in [2.45, 2.75) is 39.2 Å². The molecule has 0 fully saturated rings. The largest absolute Gasteiger partial charge is 0.352 e. The predicted octanol–water partition coefficient (Wildman–Crippen LogP) is 3.26. The number of nitrogens with two attached hydrogens (primary N) is 1. The fourth-order valence-electron chi connectivity index (χ4n) is 2.74. The number of carbonyl (C=O) groups excluding carboxylic acids is 1. The summed E-state index contributed by atoms with van der Waals surface area (Å²) >= 11 is 0. The maximum Gasteiger partial charge on any atom is 0.220 e. The number of aryl methyl sites for hydroxylation is 1. The van der Waals surface area contributed by atoms with Crippen molar-refractivity contribution in [2.24, 2.45) is 11.7 Å². The molecule has 0 bridgehead atoms. The van der Waals surface area contributed by atoms with E-state index in [0.717, 1.165) is 12.8 Å². The van der Waals surface area contributed by atoms with Gasteiger partial charge in [-0.1, -0.05) is 56.3 Å². The molecule has 2 aromatic carbocycles. The molecular weight excluding hydrogens is 272 g/mol. The second-order valence-electron chi connectivity index (χ2n) is 6.31. The van der Waals surface area contributed by atoms with Crippen LogP contribution < -0.4 is 11.1 Å². The van der Waals surface area contributed by atoms with Crippen LogP contribution in [0.1, 0.15) is 32.3 Å². The Balaban J connectivity index is 1.89. The van der Waals surface area contributed by atoms with Gasteiger partial charge in [-0.2, -0.15) is 0 Å². The number of rotatable bonds is 7. The lowest BCUT2D eigenvalue weighted by Gasteiger charge is -2.18. The summed E-state index contributed by atoms with van der Waals surface area (Å²) in [6, 6.07) is 14.7. The number of fused-ring (bicyclic) bond motifs is 1. The number of nitrogens with one attached hydrogen (secondary N) is 1. The molecule has 0 radical (unpaired) electrons. The average Bonchev–Trinajstić information content (AvgIpc) is 2.51. The summed E-state index contributed by atoms with van der Waals surface area (Å²) in [6.07, 6.45) is 2.20. The molecule has 1 atom stereocenters. The topological polar surface area (TPSA) is 55.1 Å². The van der Waals surface area contributed by atoms with E-state index in [0.29, 0.717) is 18.9 Å². The summed E-state index contributed by atoms with van der Waals surface area (Å²) in [6.45, 7) is 4.79. The van der Waals surface area contributed by atoms with Crippen molar-refractivity contribution >= 4 is 16.7 Å². The molecule has 0 aliphatic carbocycles. The molecule has 118 valence electrons. The second kappa shape index (κ2) is 7.95. The second-order valence-corrected chi connectivity index (χ2v) is 6.31. The zero-order valence-electron chi connectivity index (χ0n) is 13.5. The molecule has 1 amide bonds. The number of hydrogen-bond donors (Lipinski definition) is 2. The molecule has 2 aromatic rings. The highest BCUT2D eigenvalue weighted by Crippen LogP contribution is 2.16. The fourth-order valence-corrected chi connectivity index (χ4v) is 2.74. The van der Waals surface area contributed by atoms with Gasteiger partial charge in [0.05, 0.1) is 0 Å². The summed E-state index contributed by atoms with van der Waals surface area (Å²) in [5, 5.41) is 5.50. The molecule has 2 rings (SSSR count). The normalized spacial score (nSPS) is 12.5. The minimum Gasteiger partial charge on any atom is -0.352 e. The van der Waals surface area contributed by atoms with E-state index in [4.69, 9.17) is 5.73 Å². The van der Waals surface area contributed by atoms with Gasteiger partial charge in [-0.25, -0.2) is 0 Å². The Kier molecular flexibility index (Phi) is 5.96.